The van der Waals surface area contributed by atoms with Crippen molar-refractivity contribution in [1.82, 2.24) is 14.8 Å². The molecule has 0 atom stereocenters. The Morgan fingerprint density at radius 2 is 2.00 bits per heavy atom. The highest BCUT2D eigenvalue weighted by Crippen LogP contribution is 2.26. The number of pyridine rings is 1. The van der Waals surface area contributed by atoms with Crippen molar-refractivity contribution in [3.63, 3.8) is 0 Å². The molecule has 2 amide bonds. The number of likely N-dealkylation sites (N-methyl/N-ethyl adjacent to an activating group) is 1. The predicted molar refractivity (Wildman–Crippen MR) is 95.5 cm³/mol. The molecule has 0 spiro atoms. The van der Waals surface area contributed by atoms with Gasteiger partial charge in [-0.2, -0.15) is 0 Å². The van der Waals surface area contributed by atoms with Crippen LogP contribution in [0.25, 0.3) is 0 Å². The van der Waals surface area contributed by atoms with E-state index in [1.54, 1.807) is 17.2 Å². The summed E-state index contributed by atoms with van der Waals surface area (Å²) in [5.41, 5.74) is 0. The molecule has 1 fully saturated rings. The minimum absolute atomic E-state index is 0.0677. The molecule has 0 N–H and O–H groups in total. The number of amides is 2. The highest BCUT2D eigenvalue weighted by atomic mass is 35.5. The van der Waals surface area contributed by atoms with Gasteiger partial charge in [0.05, 0.1) is 16.6 Å². The predicted octanol–water partition coefficient (Wildman–Crippen LogP) is 2.07. The third-order valence-electron chi connectivity index (χ3n) is 3.91. The lowest BCUT2D eigenvalue weighted by Crippen LogP contribution is -2.52. The van der Waals surface area contributed by atoms with Gasteiger partial charge in [-0.05, 0) is 19.1 Å². The summed E-state index contributed by atoms with van der Waals surface area (Å²) < 4.78 is 0. The molecule has 0 saturated carbocycles. The SMILES string of the molecule is C=CC(=O)N(CC)CC(=O)N1CCN(c2ncc(Cl)cc2Cl)CC1. The molecular weight excluding hydrogens is 351 g/mol. The molecule has 6 nitrogen and oxygen atoms in total. The first-order chi connectivity index (χ1) is 11.5. The van der Waals surface area contributed by atoms with Crippen LogP contribution in [0.4, 0.5) is 5.82 Å². The van der Waals surface area contributed by atoms with E-state index in [0.717, 1.165) is 0 Å². The van der Waals surface area contributed by atoms with Crippen molar-refractivity contribution >= 4 is 40.8 Å². The number of anilines is 1. The Bertz CT molecular complexity index is 631. The molecule has 1 saturated heterocycles. The van der Waals surface area contributed by atoms with Crippen LogP contribution in [0, 0.1) is 0 Å². The molecule has 130 valence electrons. The number of nitrogens with zero attached hydrogens (tertiary/aromatic N) is 4. The molecule has 1 aliphatic heterocycles. The first-order valence-electron chi connectivity index (χ1n) is 7.71. The average molecular weight is 371 g/mol. The van der Waals surface area contributed by atoms with Gasteiger partial charge in [0, 0.05) is 38.9 Å². The summed E-state index contributed by atoms with van der Waals surface area (Å²) in [7, 11) is 0. The number of aromatic nitrogens is 1. The number of carbonyl (C=O) groups is 2. The van der Waals surface area contributed by atoms with E-state index in [1.807, 2.05) is 11.8 Å². The Balaban J connectivity index is 1.93. The van der Waals surface area contributed by atoms with Crippen molar-refractivity contribution in [3.05, 3.63) is 35.0 Å². The molecule has 0 radical (unpaired) electrons. The topological polar surface area (TPSA) is 56.8 Å². The monoisotopic (exact) mass is 370 g/mol. The zero-order valence-electron chi connectivity index (χ0n) is 13.5. The molecular formula is C16H20Cl2N4O2. The Hall–Kier alpha value is -1.79. The van der Waals surface area contributed by atoms with E-state index in [-0.39, 0.29) is 18.4 Å². The van der Waals surface area contributed by atoms with E-state index < -0.39 is 0 Å². The second-order valence-corrected chi connectivity index (χ2v) is 6.23. The highest BCUT2D eigenvalue weighted by Gasteiger charge is 2.25. The van der Waals surface area contributed by atoms with Gasteiger partial charge in [-0.3, -0.25) is 9.59 Å². The van der Waals surface area contributed by atoms with E-state index in [4.69, 9.17) is 23.2 Å². The minimum Gasteiger partial charge on any atom is -0.352 e. The Morgan fingerprint density at radius 3 is 2.54 bits per heavy atom. The van der Waals surface area contributed by atoms with Crippen molar-refractivity contribution in [3.8, 4) is 0 Å². The van der Waals surface area contributed by atoms with E-state index in [2.05, 4.69) is 11.6 Å². The average Bonchev–Trinajstić information content (AvgIpc) is 2.59. The van der Waals surface area contributed by atoms with E-state index in [9.17, 15) is 9.59 Å². The van der Waals surface area contributed by atoms with Gasteiger partial charge in [-0.1, -0.05) is 29.8 Å². The summed E-state index contributed by atoms with van der Waals surface area (Å²) in [5.74, 6) is 0.369. The highest BCUT2D eigenvalue weighted by molar-refractivity contribution is 6.36. The standard InChI is InChI=1S/C16H20Cl2N4O2/c1-3-14(23)20(4-2)11-15(24)21-5-7-22(8-6-21)16-13(18)9-12(17)10-19-16/h3,9-10H,1,4-8,11H2,2H3. The Morgan fingerprint density at radius 1 is 1.33 bits per heavy atom. The quantitative estimate of drug-likeness (QED) is 0.744. The molecule has 8 heteroatoms. The second-order valence-electron chi connectivity index (χ2n) is 5.38. The Kier molecular flexibility index (Phi) is 6.45. The number of halogens is 2. The van der Waals surface area contributed by atoms with E-state index in [1.165, 1.54) is 11.0 Å². The van der Waals surface area contributed by atoms with Gasteiger partial charge in [0.2, 0.25) is 11.8 Å². The third-order valence-corrected chi connectivity index (χ3v) is 4.40. The maximum Gasteiger partial charge on any atom is 0.246 e. The smallest absolute Gasteiger partial charge is 0.246 e. The van der Waals surface area contributed by atoms with E-state index >= 15 is 0 Å². The number of rotatable bonds is 5. The van der Waals surface area contributed by atoms with Crippen LogP contribution >= 0.6 is 23.2 Å². The fourth-order valence-corrected chi connectivity index (χ4v) is 3.05. The first-order valence-corrected chi connectivity index (χ1v) is 8.47. The first kappa shape index (κ1) is 18.5. The molecule has 24 heavy (non-hydrogen) atoms. The second kappa shape index (κ2) is 8.35. The van der Waals surface area contributed by atoms with Crippen molar-refractivity contribution in [1.29, 1.82) is 0 Å². The van der Waals surface area contributed by atoms with Crippen LogP contribution in [0.3, 0.4) is 0 Å². The lowest BCUT2D eigenvalue weighted by atomic mass is 10.3. The molecule has 1 aliphatic rings. The summed E-state index contributed by atoms with van der Waals surface area (Å²) in [6.07, 6.45) is 2.78. The fourth-order valence-electron chi connectivity index (χ4n) is 2.55. The van der Waals surface area contributed by atoms with Crippen LogP contribution in [-0.4, -0.2) is 65.9 Å². The van der Waals surface area contributed by atoms with E-state index in [0.29, 0.717) is 48.6 Å². The van der Waals surface area contributed by atoms with Crippen LogP contribution in [-0.2, 0) is 9.59 Å². The van der Waals surface area contributed by atoms with Gasteiger partial charge in [0.25, 0.3) is 0 Å². The normalized spacial score (nSPS) is 14.5. The van der Waals surface area contributed by atoms with Gasteiger partial charge in [-0.15, -0.1) is 0 Å². The third kappa shape index (κ3) is 4.39. The number of hydrogen-bond acceptors (Lipinski definition) is 4. The summed E-state index contributed by atoms with van der Waals surface area (Å²) in [5, 5.41) is 0.986. The minimum atomic E-state index is -0.235. The molecule has 1 aromatic rings. The van der Waals surface area contributed by atoms with Crippen LogP contribution in [0.2, 0.25) is 10.0 Å². The summed E-state index contributed by atoms with van der Waals surface area (Å²) in [6, 6.07) is 1.66. The summed E-state index contributed by atoms with van der Waals surface area (Å²) in [6.45, 7) is 8.20. The van der Waals surface area contributed by atoms with Gasteiger partial charge in [0.1, 0.15) is 5.82 Å². The van der Waals surface area contributed by atoms with Crippen LogP contribution in [0.15, 0.2) is 24.9 Å². The Labute approximate surface area is 151 Å². The van der Waals surface area contributed by atoms with Crippen LogP contribution in [0.1, 0.15) is 6.92 Å². The van der Waals surface area contributed by atoms with Gasteiger partial charge in [0.15, 0.2) is 0 Å². The maximum absolute atomic E-state index is 12.4. The lowest BCUT2D eigenvalue weighted by Gasteiger charge is -2.36. The molecule has 0 unspecified atom stereocenters. The van der Waals surface area contributed by atoms with Crippen LogP contribution < -0.4 is 4.90 Å². The summed E-state index contributed by atoms with van der Waals surface area (Å²) in [4.78, 5) is 33.5. The lowest BCUT2D eigenvalue weighted by molar-refractivity contribution is -0.138. The number of hydrogen-bond donors (Lipinski definition) is 0. The zero-order chi connectivity index (χ0) is 17.7. The summed E-state index contributed by atoms with van der Waals surface area (Å²) >= 11 is 12.0. The number of piperazine rings is 1. The number of carbonyl (C=O) groups excluding carboxylic acids is 2. The van der Waals surface area contributed by atoms with Crippen LogP contribution in [0.5, 0.6) is 0 Å². The molecule has 0 aromatic carbocycles. The zero-order valence-corrected chi connectivity index (χ0v) is 15.1. The molecule has 0 bridgehead atoms. The van der Waals surface area contributed by atoms with Gasteiger partial charge < -0.3 is 14.7 Å². The van der Waals surface area contributed by atoms with Gasteiger partial charge in [-0.25, -0.2) is 4.98 Å². The molecule has 2 heterocycles. The molecule has 0 aliphatic carbocycles. The van der Waals surface area contributed by atoms with Gasteiger partial charge >= 0.3 is 0 Å². The van der Waals surface area contributed by atoms with Crippen molar-refractivity contribution in [2.75, 3.05) is 44.2 Å². The van der Waals surface area contributed by atoms with Crippen molar-refractivity contribution < 1.29 is 9.59 Å². The van der Waals surface area contributed by atoms with Crippen molar-refractivity contribution in [2.45, 2.75) is 6.92 Å². The maximum atomic E-state index is 12.4. The molecule has 2 rings (SSSR count). The largest absolute Gasteiger partial charge is 0.352 e. The van der Waals surface area contributed by atoms with Crippen molar-refractivity contribution in [2.24, 2.45) is 0 Å². The fraction of sp³-hybridized carbons (Fsp3) is 0.438. The molecule has 1 aromatic heterocycles.